The summed E-state index contributed by atoms with van der Waals surface area (Å²) in [6.07, 6.45) is 10.6. The third-order valence-corrected chi connectivity index (χ3v) is 4.53. The summed E-state index contributed by atoms with van der Waals surface area (Å²) in [4.78, 5) is 6.60. The van der Waals surface area contributed by atoms with Gasteiger partial charge in [0.15, 0.2) is 0 Å². The zero-order chi connectivity index (χ0) is 17.3. The molecule has 1 aliphatic heterocycles. The first-order valence-corrected chi connectivity index (χ1v) is 8.87. The molecule has 0 spiro atoms. The summed E-state index contributed by atoms with van der Waals surface area (Å²) in [5, 5.41) is 0. The van der Waals surface area contributed by atoms with E-state index in [1.165, 1.54) is 5.56 Å². The highest BCUT2D eigenvalue weighted by Gasteiger charge is 2.18. The van der Waals surface area contributed by atoms with E-state index < -0.39 is 0 Å². The number of nitrogens with zero attached hydrogens (tertiary/aromatic N) is 2. The minimum atomic E-state index is 0.363. The SMILES string of the molecule is COc1ccc(/C=C/CN2CCC(OCc3cccnc3)CC2)cc1. The Hall–Kier alpha value is -2.17. The fraction of sp³-hybridized carbons (Fsp3) is 0.381. The molecule has 1 aromatic carbocycles. The lowest BCUT2D eigenvalue weighted by Crippen LogP contribution is -2.37. The lowest BCUT2D eigenvalue weighted by atomic mass is 10.1. The number of hydrogen-bond acceptors (Lipinski definition) is 4. The fourth-order valence-corrected chi connectivity index (χ4v) is 3.01. The van der Waals surface area contributed by atoms with Crippen molar-refractivity contribution in [2.24, 2.45) is 0 Å². The summed E-state index contributed by atoms with van der Waals surface area (Å²) < 4.78 is 11.2. The molecule has 132 valence electrons. The Morgan fingerprint density at radius 3 is 2.64 bits per heavy atom. The second-order valence-electron chi connectivity index (χ2n) is 6.35. The number of benzene rings is 1. The number of aromatic nitrogens is 1. The minimum Gasteiger partial charge on any atom is -0.497 e. The summed E-state index contributed by atoms with van der Waals surface area (Å²) in [7, 11) is 1.69. The van der Waals surface area contributed by atoms with Crippen LogP contribution >= 0.6 is 0 Å². The molecule has 0 unspecified atom stereocenters. The van der Waals surface area contributed by atoms with Crippen LogP contribution in [-0.4, -0.2) is 42.7 Å². The molecule has 25 heavy (non-hydrogen) atoms. The number of likely N-dealkylation sites (tertiary alicyclic amines) is 1. The molecule has 0 aliphatic carbocycles. The Kier molecular flexibility index (Phi) is 6.60. The van der Waals surface area contributed by atoms with Gasteiger partial charge in [0.05, 0.1) is 19.8 Å². The molecule has 0 radical (unpaired) electrons. The molecular formula is C21H26N2O2. The maximum atomic E-state index is 6.02. The first-order valence-electron chi connectivity index (χ1n) is 8.87. The number of pyridine rings is 1. The average Bonchev–Trinajstić information content (AvgIpc) is 2.69. The second kappa shape index (κ2) is 9.35. The summed E-state index contributed by atoms with van der Waals surface area (Å²) in [6.45, 7) is 3.83. The van der Waals surface area contributed by atoms with E-state index in [9.17, 15) is 0 Å². The van der Waals surface area contributed by atoms with Gasteiger partial charge in [-0.25, -0.2) is 0 Å². The van der Waals surface area contributed by atoms with Crippen molar-refractivity contribution in [3.63, 3.8) is 0 Å². The normalized spacial score (nSPS) is 16.4. The molecule has 0 atom stereocenters. The van der Waals surface area contributed by atoms with Crippen LogP contribution in [0.3, 0.4) is 0 Å². The van der Waals surface area contributed by atoms with Gasteiger partial charge in [0.25, 0.3) is 0 Å². The van der Waals surface area contributed by atoms with Crippen molar-refractivity contribution in [2.75, 3.05) is 26.7 Å². The van der Waals surface area contributed by atoms with Crippen LogP contribution in [0.1, 0.15) is 24.0 Å². The highest BCUT2D eigenvalue weighted by molar-refractivity contribution is 5.50. The van der Waals surface area contributed by atoms with Gasteiger partial charge in [-0.1, -0.05) is 30.4 Å². The van der Waals surface area contributed by atoms with E-state index in [2.05, 4.69) is 40.2 Å². The molecule has 4 nitrogen and oxygen atoms in total. The number of hydrogen-bond donors (Lipinski definition) is 0. The minimum absolute atomic E-state index is 0.363. The van der Waals surface area contributed by atoms with Crippen molar-refractivity contribution >= 4 is 6.08 Å². The zero-order valence-corrected chi connectivity index (χ0v) is 14.8. The van der Waals surface area contributed by atoms with Gasteiger partial charge in [0.2, 0.25) is 0 Å². The third kappa shape index (κ3) is 5.69. The molecule has 2 aromatic rings. The molecule has 1 saturated heterocycles. The maximum Gasteiger partial charge on any atom is 0.118 e. The molecule has 2 heterocycles. The van der Waals surface area contributed by atoms with Crippen LogP contribution in [-0.2, 0) is 11.3 Å². The number of rotatable bonds is 7. The maximum absolute atomic E-state index is 6.02. The first-order chi connectivity index (χ1) is 12.3. The van der Waals surface area contributed by atoms with Crippen LogP contribution < -0.4 is 4.74 Å². The molecule has 4 heteroatoms. The van der Waals surface area contributed by atoms with Gasteiger partial charge in [-0.15, -0.1) is 0 Å². The molecule has 1 aliphatic rings. The van der Waals surface area contributed by atoms with Crippen LogP contribution in [0.5, 0.6) is 5.75 Å². The molecule has 3 rings (SSSR count). The lowest BCUT2D eigenvalue weighted by molar-refractivity contribution is -0.000436. The van der Waals surface area contributed by atoms with Crippen molar-refractivity contribution in [1.82, 2.24) is 9.88 Å². The Bertz CT molecular complexity index is 647. The summed E-state index contributed by atoms with van der Waals surface area (Å²) in [5.74, 6) is 0.894. The first kappa shape index (κ1) is 17.6. The van der Waals surface area contributed by atoms with Crippen molar-refractivity contribution < 1.29 is 9.47 Å². The zero-order valence-electron chi connectivity index (χ0n) is 14.8. The Morgan fingerprint density at radius 2 is 1.96 bits per heavy atom. The topological polar surface area (TPSA) is 34.6 Å². The van der Waals surface area contributed by atoms with Gasteiger partial charge in [0, 0.05) is 32.0 Å². The Labute approximate surface area is 150 Å². The molecular weight excluding hydrogens is 312 g/mol. The van der Waals surface area contributed by atoms with Gasteiger partial charge in [0.1, 0.15) is 5.75 Å². The van der Waals surface area contributed by atoms with E-state index in [0.29, 0.717) is 12.7 Å². The molecule has 0 amide bonds. The van der Waals surface area contributed by atoms with Crippen LogP contribution in [0.25, 0.3) is 6.08 Å². The smallest absolute Gasteiger partial charge is 0.118 e. The molecule has 0 N–H and O–H groups in total. The van der Waals surface area contributed by atoms with Crippen LogP contribution in [0.2, 0.25) is 0 Å². The third-order valence-electron chi connectivity index (χ3n) is 4.53. The average molecular weight is 338 g/mol. The highest BCUT2D eigenvalue weighted by Crippen LogP contribution is 2.16. The Morgan fingerprint density at radius 1 is 1.16 bits per heavy atom. The number of methoxy groups -OCH3 is 1. The fourth-order valence-electron chi connectivity index (χ4n) is 3.01. The highest BCUT2D eigenvalue weighted by atomic mass is 16.5. The molecule has 1 aromatic heterocycles. The molecule has 1 fully saturated rings. The lowest BCUT2D eigenvalue weighted by Gasteiger charge is -2.31. The van der Waals surface area contributed by atoms with Crippen LogP contribution in [0.15, 0.2) is 54.9 Å². The largest absolute Gasteiger partial charge is 0.497 e. The van der Waals surface area contributed by atoms with E-state index in [4.69, 9.17) is 9.47 Å². The molecule has 0 bridgehead atoms. The van der Waals surface area contributed by atoms with E-state index in [-0.39, 0.29) is 0 Å². The molecule has 0 saturated carbocycles. The van der Waals surface area contributed by atoms with Gasteiger partial charge >= 0.3 is 0 Å². The quantitative estimate of drug-likeness (QED) is 0.769. The predicted molar refractivity (Wildman–Crippen MR) is 101 cm³/mol. The summed E-state index contributed by atoms with van der Waals surface area (Å²) in [6, 6.07) is 12.2. The summed E-state index contributed by atoms with van der Waals surface area (Å²) >= 11 is 0. The van der Waals surface area contributed by atoms with Gasteiger partial charge in [-0.05, 0) is 42.2 Å². The second-order valence-corrected chi connectivity index (χ2v) is 6.35. The summed E-state index contributed by atoms with van der Waals surface area (Å²) in [5.41, 5.74) is 2.35. The van der Waals surface area contributed by atoms with E-state index in [1.807, 2.05) is 24.4 Å². The van der Waals surface area contributed by atoms with Crippen LogP contribution in [0, 0.1) is 0 Å². The van der Waals surface area contributed by atoms with Gasteiger partial charge in [-0.3, -0.25) is 9.88 Å². The van der Waals surface area contributed by atoms with Gasteiger partial charge in [-0.2, -0.15) is 0 Å². The van der Waals surface area contributed by atoms with Crippen LogP contribution in [0.4, 0.5) is 0 Å². The van der Waals surface area contributed by atoms with Crippen molar-refractivity contribution in [3.8, 4) is 5.75 Å². The van der Waals surface area contributed by atoms with Crippen molar-refractivity contribution in [1.29, 1.82) is 0 Å². The standard InChI is InChI=1S/C21H26N2O2/c1-24-20-8-6-18(7-9-20)5-3-13-23-14-10-21(11-15-23)25-17-19-4-2-12-22-16-19/h2-9,12,16,21H,10-11,13-15,17H2,1H3/b5-3+. The van der Waals surface area contributed by atoms with E-state index in [1.54, 1.807) is 13.3 Å². The van der Waals surface area contributed by atoms with E-state index >= 15 is 0 Å². The number of ether oxygens (including phenoxy) is 2. The number of piperidine rings is 1. The van der Waals surface area contributed by atoms with Crippen molar-refractivity contribution in [3.05, 3.63) is 66.0 Å². The Balaban J connectivity index is 1.36. The monoisotopic (exact) mass is 338 g/mol. The van der Waals surface area contributed by atoms with Crippen molar-refractivity contribution in [2.45, 2.75) is 25.6 Å². The predicted octanol–water partition coefficient (Wildman–Crippen LogP) is 3.78. The van der Waals surface area contributed by atoms with Gasteiger partial charge < -0.3 is 9.47 Å². The van der Waals surface area contributed by atoms with E-state index in [0.717, 1.165) is 43.8 Å².